The summed E-state index contributed by atoms with van der Waals surface area (Å²) in [6.45, 7) is 1.74. The fourth-order valence-electron chi connectivity index (χ4n) is 3.42. The second-order valence-electron chi connectivity index (χ2n) is 7.59. The molecular weight excluding hydrogens is 487 g/mol. The number of rotatable bonds is 7. The Morgan fingerprint density at radius 2 is 1.91 bits per heavy atom. The summed E-state index contributed by atoms with van der Waals surface area (Å²) < 4.78 is 25.5. The number of anilines is 2. The molecule has 1 saturated heterocycles. The summed E-state index contributed by atoms with van der Waals surface area (Å²) in [7, 11) is 1.48. The number of nitrogens with one attached hydrogen (secondary N) is 1. The number of amides is 2. The Balaban J connectivity index is 1.46. The maximum atomic E-state index is 14.2. The summed E-state index contributed by atoms with van der Waals surface area (Å²) in [5.74, 6) is -0.468. The number of hydrogen-bond donors (Lipinski definition) is 1. The lowest BCUT2D eigenvalue weighted by molar-refractivity contribution is -0.118. The number of thioether (sulfide) groups is 1. The fraction of sp³-hybridized carbons (Fsp3) is 0.115. The highest BCUT2D eigenvalue weighted by Crippen LogP contribution is 2.38. The van der Waals surface area contributed by atoms with Crippen LogP contribution in [0.5, 0.6) is 11.5 Å². The van der Waals surface area contributed by atoms with Gasteiger partial charge in [0.15, 0.2) is 22.4 Å². The van der Waals surface area contributed by atoms with E-state index in [1.165, 1.54) is 24.1 Å². The maximum Gasteiger partial charge on any atom is 0.270 e. The van der Waals surface area contributed by atoms with Gasteiger partial charge in [-0.25, -0.2) is 4.39 Å². The quantitative estimate of drug-likeness (QED) is 0.333. The topological polar surface area (TPSA) is 67.9 Å². The number of carbonyl (C=O) groups excluding carboxylic acids is 2. The highest BCUT2D eigenvalue weighted by atomic mass is 32.2. The van der Waals surface area contributed by atoms with E-state index < -0.39 is 11.7 Å². The van der Waals surface area contributed by atoms with E-state index in [1.54, 1.807) is 42.5 Å². The normalized spacial score (nSPS) is 14.4. The van der Waals surface area contributed by atoms with Crippen LogP contribution in [0.3, 0.4) is 0 Å². The third kappa shape index (κ3) is 5.70. The van der Waals surface area contributed by atoms with Gasteiger partial charge in [-0.2, -0.15) is 0 Å². The predicted octanol–water partition coefficient (Wildman–Crippen LogP) is 5.57. The van der Waals surface area contributed by atoms with Crippen molar-refractivity contribution in [3.05, 3.63) is 88.6 Å². The Kier molecular flexibility index (Phi) is 7.48. The van der Waals surface area contributed by atoms with Gasteiger partial charge < -0.3 is 14.8 Å². The molecule has 3 aromatic rings. The van der Waals surface area contributed by atoms with E-state index in [0.29, 0.717) is 27.7 Å². The van der Waals surface area contributed by atoms with Gasteiger partial charge in [0, 0.05) is 5.69 Å². The van der Waals surface area contributed by atoms with E-state index in [4.69, 9.17) is 21.7 Å². The average molecular weight is 509 g/mol. The summed E-state index contributed by atoms with van der Waals surface area (Å²) in [6, 6.07) is 18.5. The van der Waals surface area contributed by atoms with Crippen molar-refractivity contribution in [1.29, 1.82) is 0 Å². The minimum absolute atomic E-state index is 0.115. The first-order valence-corrected chi connectivity index (χ1v) is 11.8. The van der Waals surface area contributed by atoms with Gasteiger partial charge in [-0.15, -0.1) is 0 Å². The minimum atomic E-state index is -0.528. The molecule has 35 heavy (non-hydrogen) atoms. The predicted molar refractivity (Wildman–Crippen MR) is 140 cm³/mol. The largest absolute Gasteiger partial charge is 0.493 e. The fourth-order valence-corrected chi connectivity index (χ4v) is 4.70. The van der Waals surface area contributed by atoms with Gasteiger partial charge >= 0.3 is 0 Å². The first kappa shape index (κ1) is 24.4. The molecule has 1 aliphatic heterocycles. The smallest absolute Gasteiger partial charge is 0.270 e. The first-order chi connectivity index (χ1) is 16.9. The summed E-state index contributed by atoms with van der Waals surface area (Å²) in [4.78, 5) is 26.7. The van der Waals surface area contributed by atoms with Gasteiger partial charge in [-0.05, 0) is 60.5 Å². The van der Waals surface area contributed by atoms with Crippen LogP contribution in [0, 0.1) is 12.7 Å². The summed E-state index contributed by atoms with van der Waals surface area (Å²) in [5.41, 5.74) is 2.50. The van der Waals surface area contributed by atoms with E-state index in [-0.39, 0.29) is 22.5 Å². The van der Waals surface area contributed by atoms with Crippen molar-refractivity contribution >= 4 is 57.6 Å². The molecule has 0 radical (unpaired) electrons. The zero-order valence-corrected chi connectivity index (χ0v) is 20.5. The van der Waals surface area contributed by atoms with Crippen LogP contribution in [-0.4, -0.2) is 29.9 Å². The van der Waals surface area contributed by atoms with Gasteiger partial charge in [-0.3, -0.25) is 14.5 Å². The van der Waals surface area contributed by atoms with E-state index in [2.05, 4.69) is 5.32 Å². The number of hydrogen-bond acceptors (Lipinski definition) is 6. The molecule has 178 valence electrons. The second kappa shape index (κ2) is 10.7. The summed E-state index contributed by atoms with van der Waals surface area (Å²) in [6.07, 6.45) is 1.65. The van der Waals surface area contributed by atoms with Crippen molar-refractivity contribution in [3.8, 4) is 11.5 Å². The standard InChI is InChI=1S/C26H21FN2O4S2/c1-16-6-5-7-18(12-16)28-24(30)15-33-21-11-10-17(13-22(21)32-2)14-23-25(31)29(26(34)35-23)20-9-4-3-8-19(20)27/h3-14H,15H2,1-2H3,(H,28,30)/b23-14-. The van der Waals surface area contributed by atoms with Crippen LogP contribution < -0.4 is 19.7 Å². The molecule has 0 spiro atoms. The zero-order valence-electron chi connectivity index (χ0n) is 18.9. The number of nitrogens with zero attached hydrogens (tertiary/aromatic N) is 1. The van der Waals surface area contributed by atoms with E-state index >= 15 is 0 Å². The number of methoxy groups -OCH3 is 1. The zero-order chi connectivity index (χ0) is 24.9. The summed E-state index contributed by atoms with van der Waals surface area (Å²) >= 11 is 6.40. The van der Waals surface area contributed by atoms with E-state index in [9.17, 15) is 14.0 Å². The molecule has 9 heteroatoms. The van der Waals surface area contributed by atoms with Crippen LogP contribution in [-0.2, 0) is 9.59 Å². The number of halogens is 1. The second-order valence-corrected chi connectivity index (χ2v) is 9.26. The van der Waals surface area contributed by atoms with Crippen molar-refractivity contribution in [2.24, 2.45) is 0 Å². The average Bonchev–Trinajstić information content (AvgIpc) is 3.11. The van der Waals surface area contributed by atoms with Crippen molar-refractivity contribution < 1.29 is 23.5 Å². The Morgan fingerprint density at radius 3 is 2.66 bits per heavy atom. The summed E-state index contributed by atoms with van der Waals surface area (Å²) in [5, 5.41) is 2.78. The van der Waals surface area contributed by atoms with Crippen LogP contribution in [0.15, 0.2) is 71.6 Å². The molecule has 1 fully saturated rings. The molecule has 3 aromatic carbocycles. The Morgan fingerprint density at radius 1 is 1.11 bits per heavy atom. The lowest BCUT2D eigenvalue weighted by Gasteiger charge is -2.15. The van der Waals surface area contributed by atoms with Crippen molar-refractivity contribution in [3.63, 3.8) is 0 Å². The minimum Gasteiger partial charge on any atom is -0.493 e. The SMILES string of the molecule is COc1cc(/C=C2\SC(=S)N(c3ccccc3F)C2=O)ccc1OCC(=O)Nc1cccc(C)c1. The number of carbonyl (C=O) groups is 2. The highest BCUT2D eigenvalue weighted by molar-refractivity contribution is 8.27. The van der Waals surface area contributed by atoms with Crippen LogP contribution in [0.4, 0.5) is 15.8 Å². The molecule has 1 N–H and O–H groups in total. The van der Waals surface area contributed by atoms with Crippen molar-refractivity contribution in [2.45, 2.75) is 6.92 Å². The molecule has 2 amide bonds. The third-order valence-corrected chi connectivity index (χ3v) is 6.34. The Hall–Kier alpha value is -3.69. The molecule has 6 nitrogen and oxygen atoms in total. The van der Waals surface area contributed by atoms with Crippen LogP contribution >= 0.6 is 24.0 Å². The molecule has 1 aliphatic rings. The lowest BCUT2D eigenvalue weighted by Crippen LogP contribution is -2.28. The number of thiocarbonyl (C=S) groups is 1. The van der Waals surface area contributed by atoms with Crippen molar-refractivity contribution in [1.82, 2.24) is 0 Å². The number of aryl methyl sites for hydroxylation is 1. The number of para-hydroxylation sites is 1. The van der Waals surface area contributed by atoms with E-state index in [0.717, 1.165) is 17.3 Å². The molecule has 0 saturated carbocycles. The molecule has 0 aromatic heterocycles. The van der Waals surface area contributed by atoms with Gasteiger partial charge in [-0.1, -0.05) is 54.3 Å². The molecule has 4 rings (SSSR count). The van der Waals surface area contributed by atoms with Gasteiger partial charge in [0.05, 0.1) is 17.7 Å². The van der Waals surface area contributed by atoms with Gasteiger partial charge in [0.2, 0.25) is 0 Å². The van der Waals surface area contributed by atoms with Crippen LogP contribution in [0.1, 0.15) is 11.1 Å². The Bertz CT molecular complexity index is 1340. The maximum absolute atomic E-state index is 14.2. The van der Waals surface area contributed by atoms with Crippen molar-refractivity contribution in [2.75, 3.05) is 23.9 Å². The monoisotopic (exact) mass is 508 g/mol. The molecule has 1 heterocycles. The number of ether oxygens (including phenoxy) is 2. The third-order valence-electron chi connectivity index (χ3n) is 5.03. The molecular formula is C26H21FN2O4S2. The lowest BCUT2D eigenvalue weighted by atomic mass is 10.1. The number of benzene rings is 3. The van der Waals surface area contributed by atoms with E-state index in [1.807, 2.05) is 25.1 Å². The molecule has 0 unspecified atom stereocenters. The first-order valence-electron chi connectivity index (χ1n) is 10.6. The van der Waals surface area contributed by atoms with Crippen LogP contribution in [0.2, 0.25) is 0 Å². The van der Waals surface area contributed by atoms with Gasteiger partial charge in [0.1, 0.15) is 5.82 Å². The van der Waals surface area contributed by atoms with Crippen LogP contribution in [0.25, 0.3) is 6.08 Å². The Labute approximate surface area is 211 Å². The molecule has 0 aliphatic carbocycles. The molecule has 0 bridgehead atoms. The molecule has 0 atom stereocenters. The van der Waals surface area contributed by atoms with Gasteiger partial charge in [0.25, 0.3) is 11.8 Å². The highest BCUT2D eigenvalue weighted by Gasteiger charge is 2.34.